The molecule has 0 atom stereocenters. The second-order valence-corrected chi connectivity index (χ2v) is 8.15. The van der Waals surface area contributed by atoms with Gasteiger partial charge in [-0.1, -0.05) is 91.0 Å². The standard InChI is InChI=1S/C30H22N2/c31-30-25(20-8-2-1-3-9-20)13-7-15-28(30)32-27-14-6-12-21-16-17-24-18-22-10-4-5-11-23(22)19-26(24)29(21)27/h1-19,32H,31H2. The highest BCUT2D eigenvalue weighted by Crippen LogP contribution is 2.38. The van der Waals surface area contributed by atoms with Crippen LogP contribution in [0.4, 0.5) is 17.1 Å². The van der Waals surface area contributed by atoms with Crippen LogP contribution in [0.2, 0.25) is 0 Å². The van der Waals surface area contributed by atoms with E-state index in [0.29, 0.717) is 0 Å². The lowest BCUT2D eigenvalue weighted by Gasteiger charge is -2.16. The molecule has 0 unspecified atom stereocenters. The normalized spacial score (nSPS) is 11.2. The summed E-state index contributed by atoms with van der Waals surface area (Å²) in [6.45, 7) is 0. The minimum Gasteiger partial charge on any atom is -0.397 e. The SMILES string of the molecule is Nc1c(Nc2cccc3ccc4cc5ccccc5cc4c23)cccc1-c1ccccc1. The molecule has 0 saturated heterocycles. The molecule has 0 saturated carbocycles. The van der Waals surface area contributed by atoms with Crippen LogP contribution in [-0.2, 0) is 0 Å². The maximum absolute atomic E-state index is 6.63. The fourth-order valence-corrected chi connectivity index (χ4v) is 4.59. The van der Waals surface area contributed by atoms with Gasteiger partial charge in [0.05, 0.1) is 11.4 Å². The van der Waals surface area contributed by atoms with Gasteiger partial charge in [0.25, 0.3) is 0 Å². The van der Waals surface area contributed by atoms with E-state index >= 15 is 0 Å². The molecule has 0 aliphatic heterocycles. The molecule has 6 aromatic rings. The van der Waals surface area contributed by atoms with Crippen molar-refractivity contribution < 1.29 is 0 Å². The van der Waals surface area contributed by atoms with E-state index in [2.05, 4.69) is 96.3 Å². The van der Waals surface area contributed by atoms with E-state index in [-0.39, 0.29) is 0 Å². The Morgan fingerprint density at radius 1 is 0.500 bits per heavy atom. The minimum atomic E-state index is 0.751. The molecule has 2 nitrogen and oxygen atoms in total. The number of rotatable bonds is 3. The van der Waals surface area contributed by atoms with Crippen LogP contribution in [0.3, 0.4) is 0 Å². The van der Waals surface area contributed by atoms with Crippen molar-refractivity contribution in [1.29, 1.82) is 0 Å². The molecule has 0 fully saturated rings. The van der Waals surface area contributed by atoms with Crippen LogP contribution in [0.15, 0.2) is 115 Å². The van der Waals surface area contributed by atoms with Crippen LogP contribution in [0.25, 0.3) is 43.4 Å². The van der Waals surface area contributed by atoms with Gasteiger partial charge in [-0.05, 0) is 56.8 Å². The Balaban J connectivity index is 1.54. The fraction of sp³-hybridized carbons (Fsp3) is 0. The van der Waals surface area contributed by atoms with Crippen molar-refractivity contribution >= 4 is 49.4 Å². The van der Waals surface area contributed by atoms with Crippen molar-refractivity contribution in [3.63, 3.8) is 0 Å². The Kier molecular flexibility index (Phi) is 4.29. The largest absolute Gasteiger partial charge is 0.397 e. The number of benzene rings is 6. The lowest BCUT2D eigenvalue weighted by atomic mass is 9.97. The average Bonchev–Trinajstić information content (AvgIpc) is 2.84. The van der Waals surface area contributed by atoms with E-state index in [9.17, 15) is 0 Å². The summed E-state index contributed by atoms with van der Waals surface area (Å²) in [4.78, 5) is 0. The summed E-state index contributed by atoms with van der Waals surface area (Å²) in [6.07, 6.45) is 0. The first-order chi connectivity index (χ1) is 15.8. The monoisotopic (exact) mass is 410 g/mol. The molecule has 32 heavy (non-hydrogen) atoms. The van der Waals surface area contributed by atoms with Crippen molar-refractivity contribution in [2.75, 3.05) is 11.1 Å². The molecule has 0 radical (unpaired) electrons. The van der Waals surface area contributed by atoms with E-state index < -0.39 is 0 Å². The molecule has 6 rings (SSSR count). The molecular formula is C30H22N2. The van der Waals surface area contributed by atoms with Crippen LogP contribution < -0.4 is 11.1 Å². The lowest BCUT2D eigenvalue weighted by molar-refractivity contribution is 1.55. The highest BCUT2D eigenvalue weighted by atomic mass is 14.9. The number of fused-ring (bicyclic) bond motifs is 4. The van der Waals surface area contributed by atoms with E-state index in [1.54, 1.807) is 0 Å². The summed E-state index contributed by atoms with van der Waals surface area (Å²) in [5, 5.41) is 11.0. The molecule has 2 heteroatoms. The number of nitrogens with one attached hydrogen (secondary N) is 1. The van der Waals surface area contributed by atoms with Gasteiger partial charge in [0.15, 0.2) is 0 Å². The Bertz CT molecular complexity index is 1600. The second-order valence-electron chi connectivity index (χ2n) is 8.15. The van der Waals surface area contributed by atoms with Gasteiger partial charge in [-0.15, -0.1) is 0 Å². The van der Waals surface area contributed by atoms with Gasteiger partial charge >= 0.3 is 0 Å². The molecule has 6 aromatic carbocycles. The van der Waals surface area contributed by atoms with Gasteiger partial charge in [0.1, 0.15) is 0 Å². The number of hydrogen-bond donors (Lipinski definition) is 2. The minimum absolute atomic E-state index is 0.751. The highest BCUT2D eigenvalue weighted by molar-refractivity contribution is 6.17. The summed E-state index contributed by atoms with van der Waals surface area (Å²) in [5.41, 5.74) is 11.5. The molecule has 0 aliphatic carbocycles. The zero-order valence-corrected chi connectivity index (χ0v) is 17.5. The van der Waals surface area contributed by atoms with Crippen molar-refractivity contribution in [2.45, 2.75) is 0 Å². The van der Waals surface area contributed by atoms with Crippen LogP contribution in [-0.4, -0.2) is 0 Å². The van der Waals surface area contributed by atoms with E-state index in [0.717, 1.165) is 28.2 Å². The van der Waals surface area contributed by atoms with Gasteiger partial charge < -0.3 is 11.1 Å². The molecule has 0 amide bonds. The lowest BCUT2D eigenvalue weighted by Crippen LogP contribution is -1.99. The first kappa shape index (κ1) is 18.5. The van der Waals surface area contributed by atoms with Gasteiger partial charge in [0.2, 0.25) is 0 Å². The highest BCUT2D eigenvalue weighted by Gasteiger charge is 2.11. The van der Waals surface area contributed by atoms with Gasteiger partial charge in [-0.3, -0.25) is 0 Å². The molecule has 3 N–H and O–H groups in total. The number of hydrogen-bond acceptors (Lipinski definition) is 2. The maximum Gasteiger partial charge on any atom is 0.0633 e. The van der Waals surface area contributed by atoms with Crippen LogP contribution in [0.1, 0.15) is 0 Å². The third-order valence-electron chi connectivity index (χ3n) is 6.19. The molecular weight excluding hydrogens is 388 g/mol. The quantitative estimate of drug-likeness (QED) is 0.175. The van der Waals surface area contributed by atoms with Crippen LogP contribution in [0.5, 0.6) is 0 Å². The first-order valence-electron chi connectivity index (χ1n) is 10.8. The smallest absolute Gasteiger partial charge is 0.0633 e. The predicted molar refractivity (Wildman–Crippen MR) is 139 cm³/mol. The molecule has 0 bridgehead atoms. The fourth-order valence-electron chi connectivity index (χ4n) is 4.59. The summed E-state index contributed by atoms with van der Waals surface area (Å²) in [7, 11) is 0. The van der Waals surface area contributed by atoms with Crippen molar-refractivity contribution in [3.05, 3.63) is 115 Å². The molecule has 0 spiro atoms. The van der Waals surface area contributed by atoms with Gasteiger partial charge in [-0.25, -0.2) is 0 Å². The van der Waals surface area contributed by atoms with Crippen LogP contribution in [0, 0.1) is 0 Å². The maximum atomic E-state index is 6.63. The number of para-hydroxylation sites is 1. The summed E-state index contributed by atoms with van der Waals surface area (Å²) in [5.74, 6) is 0. The number of anilines is 3. The average molecular weight is 411 g/mol. The molecule has 152 valence electrons. The van der Waals surface area contributed by atoms with Gasteiger partial charge in [-0.2, -0.15) is 0 Å². The third-order valence-corrected chi connectivity index (χ3v) is 6.19. The summed E-state index contributed by atoms with van der Waals surface area (Å²) < 4.78 is 0. The second kappa shape index (κ2) is 7.44. The van der Waals surface area contributed by atoms with Crippen molar-refractivity contribution in [3.8, 4) is 11.1 Å². The number of nitrogens with two attached hydrogens (primary N) is 1. The van der Waals surface area contributed by atoms with E-state index in [4.69, 9.17) is 5.73 Å². The van der Waals surface area contributed by atoms with Crippen LogP contribution >= 0.6 is 0 Å². The molecule has 0 heterocycles. The van der Waals surface area contributed by atoms with Gasteiger partial charge in [0, 0.05) is 16.6 Å². The third kappa shape index (κ3) is 3.05. The summed E-state index contributed by atoms with van der Waals surface area (Å²) in [6, 6.07) is 40.3. The van der Waals surface area contributed by atoms with E-state index in [1.165, 1.54) is 32.3 Å². The molecule has 0 aliphatic rings. The first-order valence-corrected chi connectivity index (χ1v) is 10.8. The zero-order valence-electron chi connectivity index (χ0n) is 17.5. The Morgan fingerprint density at radius 2 is 1.16 bits per heavy atom. The predicted octanol–water partition coefficient (Wildman–Crippen LogP) is 8.14. The van der Waals surface area contributed by atoms with E-state index in [1.807, 2.05) is 24.3 Å². The zero-order chi connectivity index (χ0) is 21.5. The Labute approximate surface area is 186 Å². The van der Waals surface area contributed by atoms with Crippen molar-refractivity contribution in [2.24, 2.45) is 0 Å². The summed E-state index contributed by atoms with van der Waals surface area (Å²) >= 11 is 0. The van der Waals surface area contributed by atoms with Crippen molar-refractivity contribution in [1.82, 2.24) is 0 Å². The number of nitrogen functional groups attached to an aromatic ring is 1. The topological polar surface area (TPSA) is 38.0 Å². The molecule has 0 aromatic heterocycles. The Hall–Kier alpha value is -4.30. The Morgan fingerprint density at radius 3 is 2.00 bits per heavy atom.